The fourth-order valence-corrected chi connectivity index (χ4v) is 1.66. The lowest BCUT2D eigenvalue weighted by Crippen LogP contribution is -2.34. The van der Waals surface area contributed by atoms with Gasteiger partial charge in [0.2, 0.25) is 0 Å². The Morgan fingerprint density at radius 3 is 2.56 bits per heavy atom. The first-order chi connectivity index (χ1) is 7.28. The summed E-state index contributed by atoms with van der Waals surface area (Å²) in [5.74, 6) is -4.25. The lowest BCUT2D eigenvalue weighted by atomic mass is 10.2. The highest BCUT2D eigenvalue weighted by molar-refractivity contribution is 14.1. The number of carbonyl (C=O) groups is 1. The van der Waals surface area contributed by atoms with Crippen molar-refractivity contribution in [2.75, 3.05) is 6.54 Å². The number of alkyl halides is 2. The molecule has 1 amide bonds. The fourth-order valence-electron chi connectivity index (χ4n) is 1.02. The van der Waals surface area contributed by atoms with E-state index in [-0.39, 0.29) is 5.56 Å². The summed E-state index contributed by atoms with van der Waals surface area (Å²) in [5, 5.41) is 2.03. The van der Waals surface area contributed by atoms with Crippen LogP contribution in [-0.4, -0.2) is 18.4 Å². The van der Waals surface area contributed by atoms with E-state index in [0.717, 1.165) is 6.07 Å². The zero-order chi connectivity index (χ0) is 12.3. The SMILES string of the molecule is CC(F)(F)CNC(=O)c1cc(F)cc(I)c1. The number of hydrogen-bond donors (Lipinski definition) is 1. The van der Waals surface area contributed by atoms with Gasteiger partial charge in [-0.15, -0.1) is 0 Å². The van der Waals surface area contributed by atoms with Crippen LogP contribution in [0.25, 0.3) is 0 Å². The van der Waals surface area contributed by atoms with Crippen molar-refractivity contribution in [3.05, 3.63) is 33.1 Å². The predicted molar refractivity (Wildman–Crippen MR) is 62.1 cm³/mol. The van der Waals surface area contributed by atoms with Crippen molar-refractivity contribution in [3.8, 4) is 0 Å². The van der Waals surface area contributed by atoms with Gasteiger partial charge >= 0.3 is 0 Å². The Hall–Kier alpha value is -0.790. The molecular formula is C10H9F3INO. The van der Waals surface area contributed by atoms with Gasteiger partial charge < -0.3 is 5.32 Å². The second-order valence-electron chi connectivity index (χ2n) is 3.41. The Morgan fingerprint density at radius 2 is 2.06 bits per heavy atom. The monoisotopic (exact) mass is 343 g/mol. The maximum Gasteiger partial charge on any atom is 0.262 e. The summed E-state index contributed by atoms with van der Waals surface area (Å²) >= 11 is 1.84. The summed E-state index contributed by atoms with van der Waals surface area (Å²) < 4.78 is 38.4. The Kier molecular flexibility index (Phi) is 4.17. The molecule has 0 aliphatic carbocycles. The smallest absolute Gasteiger partial charge is 0.262 e. The molecule has 0 saturated carbocycles. The molecule has 2 nitrogen and oxygen atoms in total. The highest BCUT2D eigenvalue weighted by Crippen LogP contribution is 2.13. The molecule has 0 unspecified atom stereocenters. The molecule has 0 heterocycles. The van der Waals surface area contributed by atoms with Crippen molar-refractivity contribution >= 4 is 28.5 Å². The molecule has 0 atom stereocenters. The molecule has 88 valence electrons. The second-order valence-corrected chi connectivity index (χ2v) is 4.66. The zero-order valence-electron chi connectivity index (χ0n) is 8.36. The number of nitrogens with one attached hydrogen (secondary N) is 1. The lowest BCUT2D eigenvalue weighted by Gasteiger charge is -2.11. The first-order valence-electron chi connectivity index (χ1n) is 4.40. The molecule has 1 aromatic carbocycles. The molecule has 0 aliphatic rings. The van der Waals surface area contributed by atoms with Crippen LogP contribution in [0.1, 0.15) is 17.3 Å². The third-order valence-corrected chi connectivity index (χ3v) is 2.31. The van der Waals surface area contributed by atoms with E-state index in [1.165, 1.54) is 12.1 Å². The van der Waals surface area contributed by atoms with Crippen LogP contribution in [0, 0.1) is 9.39 Å². The minimum Gasteiger partial charge on any atom is -0.346 e. The first-order valence-corrected chi connectivity index (χ1v) is 5.48. The quantitative estimate of drug-likeness (QED) is 0.841. The Balaban J connectivity index is 2.73. The summed E-state index contributed by atoms with van der Waals surface area (Å²) in [5.41, 5.74) is 0.0358. The van der Waals surface area contributed by atoms with E-state index in [1.807, 2.05) is 27.9 Å². The van der Waals surface area contributed by atoms with Gasteiger partial charge in [0.25, 0.3) is 11.8 Å². The molecule has 1 rings (SSSR count). The van der Waals surface area contributed by atoms with Crippen molar-refractivity contribution in [1.82, 2.24) is 5.32 Å². The number of amides is 1. The largest absolute Gasteiger partial charge is 0.346 e. The van der Waals surface area contributed by atoms with Crippen LogP contribution in [0.15, 0.2) is 18.2 Å². The molecular weight excluding hydrogens is 334 g/mol. The average molecular weight is 343 g/mol. The van der Waals surface area contributed by atoms with Crippen LogP contribution < -0.4 is 5.32 Å². The molecule has 0 spiro atoms. The number of halogens is 4. The van der Waals surface area contributed by atoms with Gasteiger partial charge in [-0.05, 0) is 40.8 Å². The Bertz CT molecular complexity index is 383. The van der Waals surface area contributed by atoms with Gasteiger partial charge in [-0.3, -0.25) is 4.79 Å². The molecule has 1 aromatic rings. The molecule has 0 saturated heterocycles. The van der Waals surface area contributed by atoms with Crippen LogP contribution in [0.3, 0.4) is 0 Å². The van der Waals surface area contributed by atoms with Gasteiger partial charge in [0.05, 0.1) is 6.54 Å². The van der Waals surface area contributed by atoms with E-state index >= 15 is 0 Å². The van der Waals surface area contributed by atoms with Gasteiger partial charge in [0, 0.05) is 16.1 Å². The van der Waals surface area contributed by atoms with Gasteiger partial charge in [-0.25, -0.2) is 13.2 Å². The van der Waals surface area contributed by atoms with Crippen LogP contribution in [0.5, 0.6) is 0 Å². The third-order valence-electron chi connectivity index (χ3n) is 1.68. The molecule has 0 radical (unpaired) electrons. The minimum absolute atomic E-state index is 0.0358. The van der Waals surface area contributed by atoms with Crippen molar-refractivity contribution in [2.45, 2.75) is 12.8 Å². The summed E-state index contributed by atoms with van der Waals surface area (Å²) in [4.78, 5) is 11.4. The normalized spacial score (nSPS) is 11.3. The maximum atomic E-state index is 12.9. The zero-order valence-corrected chi connectivity index (χ0v) is 10.5. The number of benzene rings is 1. The molecule has 1 N–H and O–H groups in total. The minimum atomic E-state index is -2.98. The van der Waals surface area contributed by atoms with Crippen molar-refractivity contribution in [3.63, 3.8) is 0 Å². The summed E-state index contributed by atoms with van der Waals surface area (Å²) in [6.45, 7) is -0.0679. The van der Waals surface area contributed by atoms with Crippen LogP contribution >= 0.6 is 22.6 Å². The third kappa shape index (κ3) is 4.38. The van der Waals surface area contributed by atoms with Crippen molar-refractivity contribution < 1.29 is 18.0 Å². The summed E-state index contributed by atoms with van der Waals surface area (Å²) in [6.07, 6.45) is 0. The standard InChI is InChI=1S/C10H9F3INO/c1-10(12,13)5-15-9(16)6-2-7(11)4-8(14)3-6/h2-4H,5H2,1H3,(H,15,16). The lowest BCUT2D eigenvalue weighted by molar-refractivity contribution is 0.0221. The van der Waals surface area contributed by atoms with Crippen LogP contribution in [0.2, 0.25) is 0 Å². The van der Waals surface area contributed by atoms with Gasteiger partial charge in [0.1, 0.15) is 5.82 Å². The number of hydrogen-bond acceptors (Lipinski definition) is 1. The molecule has 16 heavy (non-hydrogen) atoms. The van der Waals surface area contributed by atoms with Gasteiger partial charge in [0.15, 0.2) is 0 Å². The van der Waals surface area contributed by atoms with E-state index in [2.05, 4.69) is 0 Å². The Labute approximate surface area is 104 Å². The van der Waals surface area contributed by atoms with Crippen LogP contribution in [0.4, 0.5) is 13.2 Å². The van der Waals surface area contributed by atoms with E-state index in [1.54, 1.807) is 0 Å². The highest BCUT2D eigenvalue weighted by Gasteiger charge is 2.22. The first kappa shape index (κ1) is 13.3. The highest BCUT2D eigenvalue weighted by atomic mass is 127. The summed E-state index contributed by atoms with van der Waals surface area (Å²) in [7, 11) is 0. The molecule has 0 aromatic heterocycles. The Morgan fingerprint density at radius 1 is 1.44 bits per heavy atom. The topological polar surface area (TPSA) is 29.1 Å². The van der Waals surface area contributed by atoms with E-state index in [9.17, 15) is 18.0 Å². The summed E-state index contributed by atoms with van der Waals surface area (Å²) in [6, 6.07) is 3.67. The molecule has 0 fully saturated rings. The second kappa shape index (κ2) is 5.03. The predicted octanol–water partition coefficient (Wildman–Crippen LogP) is 2.82. The molecule has 6 heteroatoms. The fraction of sp³-hybridized carbons (Fsp3) is 0.300. The van der Waals surface area contributed by atoms with E-state index < -0.39 is 24.2 Å². The van der Waals surface area contributed by atoms with Crippen LogP contribution in [-0.2, 0) is 0 Å². The number of carbonyl (C=O) groups excluding carboxylic acids is 1. The van der Waals surface area contributed by atoms with E-state index in [0.29, 0.717) is 10.5 Å². The van der Waals surface area contributed by atoms with E-state index in [4.69, 9.17) is 0 Å². The maximum absolute atomic E-state index is 12.9. The average Bonchev–Trinajstić information content (AvgIpc) is 2.11. The van der Waals surface area contributed by atoms with Crippen molar-refractivity contribution in [2.24, 2.45) is 0 Å². The molecule has 0 bridgehead atoms. The van der Waals surface area contributed by atoms with Gasteiger partial charge in [-0.2, -0.15) is 0 Å². The molecule has 0 aliphatic heterocycles. The van der Waals surface area contributed by atoms with Gasteiger partial charge in [-0.1, -0.05) is 0 Å². The number of rotatable bonds is 3. The van der Waals surface area contributed by atoms with Crippen molar-refractivity contribution in [1.29, 1.82) is 0 Å².